The van der Waals surface area contributed by atoms with Crippen LogP contribution in [0, 0.1) is 0 Å². The first-order chi connectivity index (χ1) is 11.5. The van der Waals surface area contributed by atoms with Crippen LogP contribution in [0.3, 0.4) is 0 Å². The lowest BCUT2D eigenvalue weighted by Crippen LogP contribution is -2.21. The molecule has 0 spiro atoms. The molecule has 0 radical (unpaired) electrons. The third-order valence-corrected chi connectivity index (χ3v) is 3.55. The fourth-order valence-electron chi connectivity index (χ4n) is 1.88. The number of carbonyl (C=O) groups is 2. The van der Waals surface area contributed by atoms with Gasteiger partial charge in [-0.05, 0) is 37.3 Å². The van der Waals surface area contributed by atoms with Crippen LogP contribution in [-0.2, 0) is 4.79 Å². The van der Waals surface area contributed by atoms with Crippen molar-refractivity contribution in [3.8, 4) is 0 Å². The molecular weight excluding hydrogens is 349 g/mol. The summed E-state index contributed by atoms with van der Waals surface area (Å²) >= 11 is 11.7. The number of anilines is 1. The van der Waals surface area contributed by atoms with E-state index in [0.29, 0.717) is 16.4 Å². The van der Waals surface area contributed by atoms with E-state index in [1.54, 1.807) is 25.1 Å². The molecule has 0 saturated carbocycles. The first-order valence-electron chi connectivity index (χ1n) is 7.09. The molecule has 0 atom stereocenters. The van der Waals surface area contributed by atoms with Gasteiger partial charge in [0.2, 0.25) is 5.91 Å². The molecular formula is C17H15Cl2N3O2. The second-order valence-electron chi connectivity index (χ2n) is 5.00. The van der Waals surface area contributed by atoms with E-state index >= 15 is 0 Å². The minimum absolute atomic E-state index is 0.0591. The number of amides is 2. The molecule has 0 aliphatic carbocycles. The number of hydrogen-bond donors (Lipinski definition) is 2. The van der Waals surface area contributed by atoms with E-state index in [-0.39, 0.29) is 22.9 Å². The van der Waals surface area contributed by atoms with Gasteiger partial charge in [0.05, 0.1) is 17.0 Å². The van der Waals surface area contributed by atoms with E-state index in [1.807, 2.05) is 18.2 Å². The predicted molar refractivity (Wildman–Crippen MR) is 96.7 cm³/mol. The monoisotopic (exact) mass is 363 g/mol. The molecule has 0 heterocycles. The van der Waals surface area contributed by atoms with Gasteiger partial charge in [0.15, 0.2) is 0 Å². The Morgan fingerprint density at radius 3 is 2.46 bits per heavy atom. The van der Waals surface area contributed by atoms with Gasteiger partial charge in [0.25, 0.3) is 5.91 Å². The molecule has 2 aromatic carbocycles. The fraction of sp³-hybridized carbons (Fsp3) is 0.118. The normalized spacial score (nSPS) is 11.0. The average Bonchev–Trinajstić information content (AvgIpc) is 2.53. The van der Waals surface area contributed by atoms with Gasteiger partial charge >= 0.3 is 0 Å². The maximum Gasteiger partial charge on any atom is 0.272 e. The lowest BCUT2D eigenvalue weighted by atomic mass is 10.2. The Labute approximate surface area is 149 Å². The number of rotatable bonds is 5. The first kappa shape index (κ1) is 18.0. The van der Waals surface area contributed by atoms with Crippen molar-refractivity contribution in [3.05, 3.63) is 64.1 Å². The van der Waals surface area contributed by atoms with Crippen LogP contribution in [0.4, 0.5) is 5.69 Å². The van der Waals surface area contributed by atoms with Crippen molar-refractivity contribution < 1.29 is 9.59 Å². The van der Waals surface area contributed by atoms with Crippen LogP contribution in [0.25, 0.3) is 0 Å². The molecule has 2 rings (SSSR count). The summed E-state index contributed by atoms with van der Waals surface area (Å²) in [6.07, 6.45) is 0.0591. The molecule has 2 amide bonds. The Morgan fingerprint density at radius 1 is 1.08 bits per heavy atom. The number of carbonyl (C=O) groups excluding carboxylic acids is 2. The minimum atomic E-state index is -0.473. The molecule has 24 heavy (non-hydrogen) atoms. The summed E-state index contributed by atoms with van der Waals surface area (Å²) in [4.78, 5) is 23.9. The molecule has 0 aromatic heterocycles. The zero-order chi connectivity index (χ0) is 17.5. The van der Waals surface area contributed by atoms with Crippen LogP contribution in [0.2, 0.25) is 10.0 Å². The van der Waals surface area contributed by atoms with Gasteiger partial charge < -0.3 is 5.32 Å². The Hall–Kier alpha value is -2.37. The van der Waals surface area contributed by atoms with E-state index in [2.05, 4.69) is 15.8 Å². The number of halogens is 2. The molecule has 0 aliphatic rings. The molecule has 0 bridgehead atoms. The Bertz CT molecular complexity index is 777. The van der Waals surface area contributed by atoms with Crippen molar-refractivity contribution in [2.75, 3.05) is 5.32 Å². The lowest BCUT2D eigenvalue weighted by molar-refractivity contribution is -0.115. The zero-order valence-electron chi connectivity index (χ0n) is 12.8. The standard InChI is InChI=1S/C17H15Cl2N3O2/c1-11(9-16(23)20-13-5-3-2-4-6-13)21-22-17(24)14-8-7-12(18)10-15(14)19/h2-8,10H,9H2,1H3,(H,20,23)(H,22,24)/b21-11+. The van der Waals surface area contributed by atoms with Crippen LogP contribution in [0.5, 0.6) is 0 Å². The number of benzene rings is 2. The highest BCUT2D eigenvalue weighted by molar-refractivity contribution is 6.36. The van der Waals surface area contributed by atoms with Crippen molar-refractivity contribution in [2.45, 2.75) is 13.3 Å². The predicted octanol–water partition coefficient (Wildman–Crippen LogP) is 4.13. The third kappa shape index (κ3) is 5.37. The van der Waals surface area contributed by atoms with E-state index < -0.39 is 5.91 Å². The maximum atomic E-state index is 12.0. The molecule has 0 aliphatic heterocycles. The average molecular weight is 364 g/mol. The van der Waals surface area contributed by atoms with Crippen molar-refractivity contribution in [1.82, 2.24) is 5.43 Å². The molecule has 7 heteroatoms. The number of nitrogens with zero attached hydrogens (tertiary/aromatic N) is 1. The van der Waals surface area contributed by atoms with Crippen LogP contribution >= 0.6 is 23.2 Å². The molecule has 0 fully saturated rings. The first-order valence-corrected chi connectivity index (χ1v) is 7.85. The van der Waals surface area contributed by atoms with Crippen molar-refractivity contribution >= 4 is 46.4 Å². The fourth-order valence-corrected chi connectivity index (χ4v) is 2.37. The second kappa shape index (κ2) is 8.47. The van der Waals surface area contributed by atoms with Gasteiger partial charge in [-0.25, -0.2) is 5.43 Å². The van der Waals surface area contributed by atoms with Gasteiger partial charge in [0, 0.05) is 16.4 Å². The van der Waals surface area contributed by atoms with Crippen molar-refractivity contribution in [2.24, 2.45) is 5.10 Å². The maximum absolute atomic E-state index is 12.0. The van der Waals surface area contributed by atoms with Crippen LogP contribution in [0.1, 0.15) is 23.7 Å². The van der Waals surface area contributed by atoms with Crippen molar-refractivity contribution in [1.29, 1.82) is 0 Å². The van der Waals surface area contributed by atoms with Crippen molar-refractivity contribution in [3.63, 3.8) is 0 Å². The largest absolute Gasteiger partial charge is 0.326 e. The summed E-state index contributed by atoms with van der Waals surface area (Å²) < 4.78 is 0. The highest BCUT2D eigenvalue weighted by Gasteiger charge is 2.10. The quantitative estimate of drug-likeness (QED) is 0.619. The smallest absolute Gasteiger partial charge is 0.272 e. The van der Waals surface area contributed by atoms with E-state index in [0.717, 1.165) is 0 Å². The summed E-state index contributed by atoms with van der Waals surface area (Å²) in [6, 6.07) is 13.6. The summed E-state index contributed by atoms with van der Waals surface area (Å²) in [5, 5.41) is 7.32. The van der Waals surface area contributed by atoms with Gasteiger partial charge in [-0.15, -0.1) is 0 Å². The van der Waals surface area contributed by atoms with Gasteiger partial charge in [-0.1, -0.05) is 41.4 Å². The third-order valence-electron chi connectivity index (χ3n) is 3.00. The number of nitrogens with one attached hydrogen (secondary N) is 2. The Morgan fingerprint density at radius 2 is 1.79 bits per heavy atom. The summed E-state index contributed by atoms with van der Waals surface area (Å²) in [6.45, 7) is 1.65. The Balaban J connectivity index is 1.91. The molecule has 2 N–H and O–H groups in total. The molecule has 0 saturated heterocycles. The van der Waals surface area contributed by atoms with E-state index in [9.17, 15) is 9.59 Å². The van der Waals surface area contributed by atoms with Crippen LogP contribution in [-0.4, -0.2) is 17.5 Å². The summed E-state index contributed by atoms with van der Waals surface area (Å²) in [5.41, 5.74) is 3.79. The van der Waals surface area contributed by atoms with E-state index in [4.69, 9.17) is 23.2 Å². The van der Waals surface area contributed by atoms with Crippen LogP contribution < -0.4 is 10.7 Å². The highest BCUT2D eigenvalue weighted by Crippen LogP contribution is 2.20. The summed E-state index contributed by atoms with van der Waals surface area (Å²) in [5.74, 6) is -0.694. The SMILES string of the molecule is C/C(CC(=O)Nc1ccccc1)=N\NC(=O)c1ccc(Cl)cc1Cl. The minimum Gasteiger partial charge on any atom is -0.326 e. The number of para-hydroxylation sites is 1. The second-order valence-corrected chi connectivity index (χ2v) is 5.85. The number of hydrazone groups is 1. The molecule has 5 nitrogen and oxygen atoms in total. The van der Waals surface area contributed by atoms with Crippen LogP contribution in [0.15, 0.2) is 53.6 Å². The van der Waals surface area contributed by atoms with E-state index in [1.165, 1.54) is 12.1 Å². The van der Waals surface area contributed by atoms with Gasteiger partial charge in [-0.2, -0.15) is 5.10 Å². The molecule has 124 valence electrons. The Kier molecular flexibility index (Phi) is 6.35. The van der Waals surface area contributed by atoms with Gasteiger partial charge in [0.1, 0.15) is 0 Å². The topological polar surface area (TPSA) is 70.6 Å². The van der Waals surface area contributed by atoms with Gasteiger partial charge in [-0.3, -0.25) is 9.59 Å². The molecule has 2 aromatic rings. The zero-order valence-corrected chi connectivity index (χ0v) is 14.4. The lowest BCUT2D eigenvalue weighted by Gasteiger charge is -2.06. The summed E-state index contributed by atoms with van der Waals surface area (Å²) in [7, 11) is 0. The highest BCUT2D eigenvalue weighted by atomic mass is 35.5. The number of hydrogen-bond acceptors (Lipinski definition) is 3. The molecule has 0 unspecified atom stereocenters.